The Hall–Kier alpha value is -2.94. The lowest BCUT2D eigenvalue weighted by molar-refractivity contribution is 0.0162. The average Bonchev–Trinajstić information content (AvgIpc) is 3.46. The third-order valence-electron chi connectivity index (χ3n) is 5.51. The van der Waals surface area contributed by atoms with E-state index in [9.17, 15) is 9.59 Å². The monoisotopic (exact) mass is 453 g/mol. The molecule has 0 bridgehead atoms. The minimum Gasteiger partial charge on any atom is -0.459 e. The van der Waals surface area contributed by atoms with Gasteiger partial charge in [-0.3, -0.25) is 14.5 Å². The van der Waals surface area contributed by atoms with Crippen LogP contribution in [-0.2, 0) is 4.74 Å². The SMILES string of the molecule is Cc1ccc(C(CNC(=O)c2sc(NC(=O)c3ccco3)cc2C)N2CCOCC2)cc1. The summed E-state index contributed by atoms with van der Waals surface area (Å²) in [7, 11) is 0. The van der Waals surface area contributed by atoms with E-state index < -0.39 is 0 Å². The number of amides is 2. The van der Waals surface area contributed by atoms with Gasteiger partial charge in [0.05, 0.1) is 35.4 Å². The standard InChI is InChI=1S/C24H27N3O4S/c1-16-5-7-18(8-6-16)19(27-9-12-30-13-10-27)15-25-24(29)22-17(2)14-21(32-22)26-23(28)20-4-3-11-31-20/h3-8,11,14,19H,9-10,12-13,15H2,1-2H3,(H,25,29)(H,26,28). The van der Waals surface area contributed by atoms with Crippen molar-refractivity contribution in [3.63, 3.8) is 0 Å². The molecule has 0 spiro atoms. The molecule has 0 aliphatic carbocycles. The summed E-state index contributed by atoms with van der Waals surface area (Å²) in [5.41, 5.74) is 3.20. The number of nitrogens with zero attached hydrogens (tertiary/aromatic N) is 1. The zero-order valence-corrected chi connectivity index (χ0v) is 19.0. The Labute approximate surface area is 191 Å². The highest BCUT2D eigenvalue weighted by Gasteiger charge is 2.24. The number of aryl methyl sites for hydroxylation is 2. The normalized spacial score (nSPS) is 15.3. The van der Waals surface area contributed by atoms with Crippen LogP contribution in [0.4, 0.5) is 5.00 Å². The van der Waals surface area contributed by atoms with Crippen molar-refractivity contribution in [1.82, 2.24) is 10.2 Å². The molecule has 32 heavy (non-hydrogen) atoms. The van der Waals surface area contributed by atoms with E-state index in [-0.39, 0.29) is 23.6 Å². The van der Waals surface area contributed by atoms with E-state index in [1.54, 1.807) is 18.2 Å². The summed E-state index contributed by atoms with van der Waals surface area (Å²) in [6, 6.07) is 13.6. The summed E-state index contributed by atoms with van der Waals surface area (Å²) in [5.74, 6) is -0.250. The second-order valence-corrected chi connectivity index (χ2v) is 8.89. The van der Waals surface area contributed by atoms with E-state index in [4.69, 9.17) is 9.15 Å². The van der Waals surface area contributed by atoms with Crippen LogP contribution in [0.1, 0.15) is 43.0 Å². The Morgan fingerprint density at radius 3 is 2.53 bits per heavy atom. The molecule has 1 atom stereocenters. The van der Waals surface area contributed by atoms with Crippen molar-refractivity contribution in [1.29, 1.82) is 0 Å². The summed E-state index contributed by atoms with van der Waals surface area (Å²) < 4.78 is 10.6. The van der Waals surface area contributed by atoms with E-state index in [0.29, 0.717) is 29.6 Å². The van der Waals surface area contributed by atoms with Crippen LogP contribution >= 0.6 is 11.3 Å². The second kappa shape index (κ2) is 10.1. The quantitative estimate of drug-likeness (QED) is 0.565. The molecule has 0 radical (unpaired) electrons. The lowest BCUT2D eigenvalue weighted by Crippen LogP contribution is -2.43. The molecule has 1 aliphatic rings. The highest BCUT2D eigenvalue weighted by Crippen LogP contribution is 2.28. The zero-order valence-electron chi connectivity index (χ0n) is 18.2. The topological polar surface area (TPSA) is 83.8 Å². The van der Waals surface area contributed by atoms with Crippen LogP contribution in [-0.4, -0.2) is 49.6 Å². The van der Waals surface area contributed by atoms with Crippen LogP contribution in [0.3, 0.4) is 0 Å². The van der Waals surface area contributed by atoms with E-state index >= 15 is 0 Å². The number of benzene rings is 1. The fourth-order valence-electron chi connectivity index (χ4n) is 3.76. The first-order valence-electron chi connectivity index (χ1n) is 10.6. The zero-order chi connectivity index (χ0) is 22.5. The van der Waals surface area contributed by atoms with E-state index in [2.05, 4.69) is 46.7 Å². The molecule has 2 aromatic heterocycles. The number of rotatable bonds is 7. The third kappa shape index (κ3) is 5.27. The maximum absolute atomic E-state index is 13.0. The first kappa shape index (κ1) is 22.3. The minimum absolute atomic E-state index is 0.0712. The van der Waals surface area contributed by atoms with Gasteiger partial charge in [0.25, 0.3) is 11.8 Å². The summed E-state index contributed by atoms with van der Waals surface area (Å²) in [4.78, 5) is 28.2. The lowest BCUT2D eigenvalue weighted by atomic mass is 10.0. The van der Waals surface area contributed by atoms with Gasteiger partial charge in [-0.05, 0) is 43.2 Å². The molecule has 1 aromatic carbocycles. The number of nitrogens with one attached hydrogen (secondary N) is 2. The molecule has 3 heterocycles. The van der Waals surface area contributed by atoms with Crippen molar-refractivity contribution in [2.24, 2.45) is 0 Å². The summed E-state index contributed by atoms with van der Waals surface area (Å²) in [6.07, 6.45) is 1.45. The molecule has 7 nitrogen and oxygen atoms in total. The Kier molecular flexibility index (Phi) is 7.04. The molecule has 2 amide bonds. The maximum Gasteiger partial charge on any atom is 0.291 e. The number of hydrogen-bond donors (Lipinski definition) is 2. The predicted octanol–water partition coefficient (Wildman–Crippen LogP) is 4.01. The van der Waals surface area contributed by atoms with Crippen molar-refractivity contribution in [3.8, 4) is 0 Å². The van der Waals surface area contributed by atoms with E-state index in [1.807, 2.05) is 6.92 Å². The molecule has 3 aromatic rings. The average molecular weight is 454 g/mol. The number of hydrogen-bond acceptors (Lipinski definition) is 6. The number of anilines is 1. The van der Waals surface area contributed by atoms with Gasteiger partial charge in [0.15, 0.2) is 5.76 Å². The summed E-state index contributed by atoms with van der Waals surface area (Å²) in [5, 5.41) is 6.50. The second-order valence-electron chi connectivity index (χ2n) is 7.84. The molecule has 2 N–H and O–H groups in total. The lowest BCUT2D eigenvalue weighted by Gasteiger charge is -2.35. The van der Waals surface area contributed by atoms with Crippen LogP contribution in [0.5, 0.6) is 0 Å². The number of ether oxygens (including phenoxy) is 1. The van der Waals surface area contributed by atoms with Gasteiger partial charge in [-0.1, -0.05) is 29.8 Å². The van der Waals surface area contributed by atoms with Gasteiger partial charge in [-0.2, -0.15) is 0 Å². The first-order valence-corrected chi connectivity index (χ1v) is 11.4. The molecule has 1 fully saturated rings. The predicted molar refractivity (Wildman–Crippen MR) is 124 cm³/mol. The Bertz CT molecular complexity index is 1050. The smallest absolute Gasteiger partial charge is 0.291 e. The fraction of sp³-hybridized carbons (Fsp3) is 0.333. The van der Waals surface area contributed by atoms with Gasteiger partial charge in [0, 0.05) is 19.6 Å². The van der Waals surface area contributed by atoms with E-state index in [1.165, 1.54) is 28.7 Å². The molecule has 1 unspecified atom stereocenters. The molecule has 0 saturated carbocycles. The van der Waals surface area contributed by atoms with Crippen LogP contribution in [0.2, 0.25) is 0 Å². The van der Waals surface area contributed by atoms with Gasteiger partial charge in [-0.15, -0.1) is 11.3 Å². The highest BCUT2D eigenvalue weighted by atomic mass is 32.1. The first-order chi connectivity index (χ1) is 15.5. The van der Waals surface area contributed by atoms with Crippen LogP contribution in [0, 0.1) is 13.8 Å². The molecular formula is C24H27N3O4S. The molecule has 1 saturated heterocycles. The Balaban J connectivity index is 1.44. The van der Waals surface area contributed by atoms with Gasteiger partial charge in [-0.25, -0.2) is 0 Å². The highest BCUT2D eigenvalue weighted by molar-refractivity contribution is 7.18. The molecule has 1 aliphatic heterocycles. The van der Waals surface area contributed by atoms with Crippen molar-refractivity contribution in [2.75, 3.05) is 38.2 Å². The van der Waals surface area contributed by atoms with Gasteiger partial charge in [0.2, 0.25) is 0 Å². The molecular weight excluding hydrogens is 426 g/mol. The largest absolute Gasteiger partial charge is 0.459 e. The van der Waals surface area contributed by atoms with Crippen LogP contribution < -0.4 is 10.6 Å². The Morgan fingerprint density at radius 2 is 1.84 bits per heavy atom. The van der Waals surface area contributed by atoms with Crippen molar-refractivity contribution < 1.29 is 18.7 Å². The number of carbonyl (C=O) groups is 2. The number of thiophene rings is 1. The van der Waals surface area contributed by atoms with E-state index in [0.717, 1.165) is 18.7 Å². The minimum atomic E-state index is -0.338. The summed E-state index contributed by atoms with van der Waals surface area (Å²) in [6.45, 7) is 7.47. The van der Waals surface area contributed by atoms with Crippen molar-refractivity contribution >= 4 is 28.2 Å². The molecule has 8 heteroatoms. The number of furan rings is 1. The number of morpholine rings is 1. The number of carbonyl (C=O) groups excluding carboxylic acids is 2. The van der Waals surface area contributed by atoms with Gasteiger partial charge >= 0.3 is 0 Å². The van der Waals surface area contributed by atoms with Crippen molar-refractivity contribution in [2.45, 2.75) is 19.9 Å². The van der Waals surface area contributed by atoms with Crippen molar-refractivity contribution in [3.05, 3.63) is 76.1 Å². The fourth-order valence-corrected chi connectivity index (χ4v) is 4.74. The summed E-state index contributed by atoms with van der Waals surface area (Å²) >= 11 is 1.26. The van der Waals surface area contributed by atoms with Crippen LogP contribution in [0.25, 0.3) is 0 Å². The Morgan fingerprint density at radius 1 is 1.09 bits per heavy atom. The molecule has 168 valence electrons. The van der Waals surface area contributed by atoms with Gasteiger partial charge in [0.1, 0.15) is 0 Å². The molecule has 4 rings (SSSR count). The van der Waals surface area contributed by atoms with Crippen LogP contribution in [0.15, 0.2) is 53.1 Å². The maximum atomic E-state index is 13.0. The van der Waals surface area contributed by atoms with Gasteiger partial charge < -0.3 is 19.8 Å². The third-order valence-corrected chi connectivity index (χ3v) is 6.66.